The van der Waals surface area contributed by atoms with Crippen molar-refractivity contribution >= 4 is 5.91 Å². The minimum Gasteiger partial charge on any atom is -0.338 e. The molecule has 1 saturated heterocycles. The number of carbonyl (C=O) groups is 1. The van der Waals surface area contributed by atoms with Crippen molar-refractivity contribution in [2.24, 2.45) is 5.73 Å². The van der Waals surface area contributed by atoms with Crippen LogP contribution in [0.1, 0.15) is 20.3 Å². The maximum Gasteiger partial charge on any atom is 0.239 e. The Kier molecular flexibility index (Phi) is 2.93. The van der Waals surface area contributed by atoms with Gasteiger partial charge in [-0.1, -0.05) is 0 Å². The first-order valence-corrected chi connectivity index (χ1v) is 4.71. The van der Waals surface area contributed by atoms with Gasteiger partial charge in [0.1, 0.15) is 0 Å². The Hall–Kier alpha value is -0.610. The van der Waals surface area contributed by atoms with Crippen molar-refractivity contribution in [2.45, 2.75) is 31.8 Å². The summed E-state index contributed by atoms with van der Waals surface area (Å²) in [5.41, 5.74) is 5.50. The summed E-state index contributed by atoms with van der Waals surface area (Å²) in [6, 6.07) is -0.401. The summed E-state index contributed by atoms with van der Waals surface area (Å²) < 4.78 is 0. The Balaban J connectivity index is 2.65. The molecule has 4 nitrogen and oxygen atoms in total. The van der Waals surface area contributed by atoms with Gasteiger partial charge >= 0.3 is 0 Å². The maximum absolute atomic E-state index is 11.6. The highest BCUT2D eigenvalue weighted by Gasteiger charge is 2.36. The molecule has 0 radical (unpaired) electrons. The summed E-state index contributed by atoms with van der Waals surface area (Å²) in [5, 5.41) is 3.25. The van der Waals surface area contributed by atoms with E-state index in [1.807, 2.05) is 7.05 Å². The van der Waals surface area contributed by atoms with Crippen LogP contribution >= 0.6 is 0 Å². The first-order chi connectivity index (χ1) is 5.97. The fourth-order valence-electron chi connectivity index (χ4n) is 1.66. The molecule has 0 bridgehead atoms. The van der Waals surface area contributed by atoms with Gasteiger partial charge in [-0.2, -0.15) is 0 Å². The number of nitrogens with zero attached hydrogens (tertiary/aromatic N) is 1. The summed E-state index contributed by atoms with van der Waals surface area (Å²) in [5.74, 6) is 0.0196. The molecule has 1 rings (SSSR count). The van der Waals surface area contributed by atoms with Gasteiger partial charge in [0, 0.05) is 13.6 Å². The lowest BCUT2D eigenvalue weighted by Gasteiger charge is -2.35. The number of carbonyl (C=O) groups excluding carboxylic acids is 1. The quantitative estimate of drug-likeness (QED) is 0.612. The summed E-state index contributed by atoms with van der Waals surface area (Å²) >= 11 is 0. The van der Waals surface area contributed by atoms with Crippen LogP contribution in [0.15, 0.2) is 0 Å². The number of amides is 1. The van der Waals surface area contributed by atoms with Crippen molar-refractivity contribution in [1.29, 1.82) is 0 Å². The summed E-state index contributed by atoms with van der Waals surface area (Å²) in [6.07, 6.45) is 1.00. The highest BCUT2D eigenvalue weighted by molar-refractivity contribution is 5.81. The number of likely N-dealkylation sites (N-methyl/N-ethyl adjacent to an activating group) is 1. The molecular formula is C9H19N3O. The molecule has 1 aliphatic rings. The van der Waals surface area contributed by atoms with E-state index in [1.165, 1.54) is 0 Å². The smallest absolute Gasteiger partial charge is 0.239 e. The monoisotopic (exact) mass is 185 g/mol. The standard InChI is InChI=1S/C9H19N3O/c1-7(10)8(13)12(3)9(2)4-5-11-6-9/h7,11H,4-6,10H2,1-3H3/t7-,9?/m0/s1. The fourth-order valence-corrected chi connectivity index (χ4v) is 1.66. The lowest BCUT2D eigenvalue weighted by Crippen LogP contribution is -2.53. The third-order valence-electron chi connectivity index (χ3n) is 2.88. The highest BCUT2D eigenvalue weighted by atomic mass is 16.2. The van der Waals surface area contributed by atoms with E-state index in [2.05, 4.69) is 12.2 Å². The third kappa shape index (κ3) is 2.00. The van der Waals surface area contributed by atoms with Crippen molar-refractivity contribution in [3.05, 3.63) is 0 Å². The molecule has 1 fully saturated rings. The van der Waals surface area contributed by atoms with Gasteiger partial charge in [0.2, 0.25) is 5.91 Å². The van der Waals surface area contributed by atoms with Crippen LogP contribution in [0.4, 0.5) is 0 Å². The van der Waals surface area contributed by atoms with Crippen molar-refractivity contribution < 1.29 is 4.79 Å². The second kappa shape index (κ2) is 3.64. The molecule has 4 heteroatoms. The number of rotatable bonds is 2. The molecule has 0 aromatic heterocycles. The molecule has 2 atom stereocenters. The fraction of sp³-hybridized carbons (Fsp3) is 0.889. The predicted octanol–water partition coefficient (Wildman–Crippen LogP) is -0.456. The lowest BCUT2D eigenvalue weighted by molar-refractivity contribution is -0.135. The molecular weight excluding hydrogens is 166 g/mol. The first kappa shape index (κ1) is 10.5. The van der Waals surface area contributed by atoms with Crippen LogP contribution in [-0.2, 0) is 4.79 Å². The van der Waals surface area contributed by atoms with E-state index in [1.54, 1.807) is 11.8 Å². The second-order valence-corrected chi connectivity index (χ2v) is 4.11. The molecule has 0 aromatic rings. The minimum absolute atomic E-state index is 0.0196. The van der Waals surface area contributed by atoms with Crippen LogP contribution in [0.25, 0.3) is 0 Å². The molecule has 0 saturated carbocycles. The van der Waals surface area contributed by atoms with Crippen LogP contribution in [0, 0.1) is 0 Å². The highest BCUT2D eigenvalue weighted by Crippen LogP contribution is 2.21. The predicted molar refractivity (Wildman–Crippen MR) is 52.3 cm³/mol. The van der Waals surface area contributed by atoms with E-state index < -0.39 is 6.04 Å². The molecule has 1 amide bonds. The zero-order valence-electron chi connectivity index (χ0n) is 8.63. The van der Waals surface area contributed by atoms with E-state index in [0.29, 0.717) is 0 Å². The van der Waals surface area contributed by atoms with Crippen LogP contribution in [-0.4, -0.2) is 42.5 Å². The van der Waals surface area contributed by atoms with Gasteiger partial charge in [-0.15, -0.1) is 0 Å². The molecule has 3 N–H and O–H groups in total. The third-order valence-corrected chi connectivity index (χ3v) is 2.88. The first-order valence-electron chi connectivity index (χ1n) is 4.71. The molecule has 13 heavy (non-hydrogen) atoms. The summed E-state index contributed by atoms with van der Waals surface area (Å²) in [7, 11) is 1.83. The minimum atomic E-state index is -0.401. The number of nitrogens with two attached hydrogens (primary N) is 1. The van der Waals surface area contributed by atoms with E-state index in [4.69, 9.17) is 5.73 Å². The normalized spacial score (nSPS) is 30.2. The van der Waals surface area contributed by atoms with Crippen molar-refractivity contribution in [1.82, 2.24) is 10.2 Å². The lowest BCUT2D eigenvalue weighted by atomic mass is 9.99. The molecule has 1 unspecified atom stereocenters. The van der Waals surface area contributed by atoms with Crippen molar-refractivity contribution in [3.8, 4) is 0 Å². The second-order valence-electron chi connectivity index (χ2n) is 4.11. The number of hydrogen-bond donors (Lipinski definition) is 2. The van der Waals surface area contributed by atoms with Crippen molar-refractivity contribution in [3.63, 3.8) is 0 Å². The van der Waals surface area contributed by atoms with Gasteiger partial charge < -0.3 is 16.0 Å². The molecule has 1 aliphatic heterocycles. The zero-order valence-corrected chi connectivity index (χ0v) is 8.63. The van der Waals surface area contributed by atoms with Gasteiger partial charge in [0.15, 0.2) is 0 Å². The van der Waals surface area contributed by atoms with Crippen LogP contribution in [0.2, 0.25) is 0 Å². The molecule has 0 spiro atoms. The van der Waals surface area contributed by atoms with E-state index >= 15 is 0 Å². The van der Waals surface area contributed by atoms with Crippen LogP contribution < -0.4 is 11.1 Å². The van der Waals surface area contributed by atoms with Gasteiger partial charge in [0.05, 0.1) is 11.6 Å². The Bertz CT molecular complexity index is 197. The van der Waals surface area contributed by atoms with Gasteiger partial charge in [-0.3, -0.25) is 4.79 Å². The Morgan fingerprint density at radius 2 is 2.31 bits per heavy atom. The number of hydrogen-bond acceptors (Lipinski definition) is 3. The molecule has 0 aliphatic carbocycles. The van der Waals surface area contributed by atoms with E-state index in [9.17, 15) is 4.79 Å². The van der Waals surface area contributed by atoms with Crippen LogP contribution in [0.5, 0.6) is 0 Å². The molecule has 0 aromatic carbocycles. The van der Waals surface area contributed by atoms with Crippen LogP contribution in [0.3, 0.4) is 0 Å². The van der Waals surface area contributed by atoms with Gasteiger partial charge in [0.25, 0.3) is 0 Å². The largest absolute Gasteiger partial charge is 0.338 e. The SMILES string of the molecule is C[C@H](N)C(=O)N(C)C1(C)CCNC1. The van der Waals surface area contributed by atoms with E-state index in [0.717, 1.165) is 19.5 Å². The van der Waals surface area contributed by atoms with Gasteiger partial charge in [-0.25, -0.2) is 0 Å². The van der Waals surface area contributed by atoms with Crippen molar-refractivity contribution in [2.75, 3.05) is 20.1 Å². The molecule has 76 valence electrons. The summed E-state index contributed by atoms with van der Waals surface area (Å²) in [6.45, 7) is 5.66. The summed E-state index contributed by atoms with van der Waals surface area (Å²) in [4.78, 5) is 13.4. The Morgan fingerprint density at radius 3 is 2.69 bits per heavy atom. The maximum atomic E-state index is 11.6. The number of nitrogens with one attached hydrogen (secondary N) is 1. The Labute approximate surface area is 79.5 Å². The molecule has 1 heterocycles. The average Bonchev–Trinajstić information content (AvgIpc) is 2.50. The zero-order chi connectivity index (χ0) is 10.1. The van der Waals surface area contributed by atoms with E-state index in [-0.39, 0.29) is 11.4 Å². The Morgan fingerprint density at radius 1 is 1.69 bits per heavy atom. The topological polar surface area (TPSA) is 58.4 Å². The average molecular weight is 185 g/mol. The van der Waals surface area contributed by atoms with Gasteiger partial charge in [-0.05, 0) is 26.8 Å².